The minimum atomic E-state index is -0.00385. The van der Waals surface area contributed by atoms with Crippen LogP contribution in [0.1, 0.15) is 21.5 Å². The molecule has 0 atom stereocenters. The second-order valence-corrected chi connectivity index (χ2v) is 5.56. The molecule has 3 aromatic rings. The summed E-state index contributed by atoms with van der Waals surface area (Å²) in [6.45, 7) is 1.21. The van der Waals surface area contributed by atoms with Gasteiger partial charge in [-0.2, -0.15) is 0 Å². The van der Waals surface area contributed by atoms with Crippen LogP contribution in [0.15, 0.2) is 79.4 Å². The Labute approximate surface area is 141 Å². The lowest BCUT2D eigenvalue weighted by Crippen LogP contribution is -2.32. The first-order chi connectivity index (χ1) is 11.8. The van der Waals surface area contributed by atoms with Gasteiger partial charge in [0.05, 0.1) is 5.56 Å². The average Bonchev–Trinajstić information content (AvgIpc) is 2.67. The number of rotatable bonds is 6. The molecule has 24 heavy (non-hydrogen) atoms. The third kappa shape index (κ3) is 4.26. The summed E-state index contributed by atoms with van der Waals surface area (Å²) in [5.74, 6) is -0.00385. The van der Waals surface area contributed by atoms with E-state index in [0.717, 1.165) is 12.0 Å². The maximum absolute atomic E-state index is 12.8. The molecule has 0 unspecified atom stereocenters. The predicted octanol–water partition coefficient (Wildman–Crippen LogP) is 3.36. The molecule has 4 heteroatoms. The zero-order chi connectivity index (χ0) is 16.6. The van der Waals surface area contributed by atoms with Crippen molar-refractivity contribution in [3.05, 3.63) is 96.1 Å². The molecular formula is C20H19N3O. The molecule has 0 radical (unpaired) electrons. The van der Waals surface area contributed by atoms with Crippen LogP contribution < -0.4 is 0 Å². The molecule has 0 saturated heterocycles. The molecule has 120 valence electrons. The van der Waals surface area contributed by atoms with E-state index in [1.165, 1.54) is 5.56 Å². The van der Waals surface area contributed by atoms with Gasteiger partial charge in [-0.3, -0.25) is 14.8 Å². The molecule has 0 saturated carbocycles. The molecule has 2 aromatic heterocycles. The Hall–Kier alpha value is -3.01. The Bertz CT molecular complexity index is 761. The Morgan fingerprint density at radius 2 is 1.62 bits per heavy atom. The number of pyridine rings is 2. The highest BCUT2D eigenvalue weighted by Gasteiger charge is 2.16. The number of amides is 1. The number of carbonyl (C=O) groups is 1. The Balaban J connectivity index is 1.76. The van der Waals surface area contributed by atoms with E-state index in [1.807, 2.05) is 35.2 Å². The fourth-order valence-electron chi connectivity index (χ4n) is 2.54. The molecule has 0 N–H and O–H groups in total. The van der Waals surface area contributed by atoms with Crippen LogP contribution in [0.4, 0.5) is 0 Å². The molecular weight excluding hydrogens is 298 g/mol. The number of hydrogen-bond donors (Lipinski definition) is 0. The zero-order valence-electron chi connectivity index (χ0n) is 13.4. The third-order valence-electron chi connectivity index (χ3n) is 3.83. The number of hydrogen-bond acceptors (Lipinski definition) is 3. The summed E-state index contributed by atoms with van der Waals surface area (Å²) in [5.41, 5.74) is 2.89. The molecule has 0 fully saturated rings. The Morgan fingerprint density at radius 3 is 2.33 bits per heavy atom. The molecule has 0 aliphatic heterocycles. The highest BCUT2D eigenvalue weighted by Crippen LogP contribution is 2.11. The van der Waals surface area contributed by atoms with E-state index in [4.69, 9.17) is 0 Å². The van der Waals surface area contributed by atoms with Gasteiger partial charge in [-0.05, 0) is 41.8 Å². The van der Waals surface area contributed by atoms with E-state index in [0.29, 0.717) is 18.7 Å². The maximum atomic E-state index is 12.8. The fraction of sp³-hybridized carbons (Fsp3) is 0.150. The quantitative estimate of drug-likeness (QED) is 0.700. The summed E-state index contributed by atoms with van der Waals surface area (Å²) >= 11 is 0. The first-order valence-corrected chi connectivity index (χ1v) is 7.95. The summed E-state index contributed by atoms with van der Waals surface area (Å²) in [6, 6.07) is 17.7. The molecule has 1 amide bonds. The van der Waals surface area contributed by atoms with Crippen molar-refractivity contribution in [2.24, 2.45) is 0 Å². The van der Waals surface area contributed by atoms with Crippen molar-refractivity contribution < 1.29 is 4.79 Å². The van der Waals surface area contributed by atoms with Gasteiger partial charge >= 0.3 is 0 Å². The van der Waals surface area contributed by atoms with Crippen LogP contribution in [0.2, 0.25) is 0 Å². The molecule has 1 aromatic carbocycles. The van der Waals surface area contributed by atoms with Gasteiger partial charge < -0.3 is 4.90 Å². The lowest BCUT2D eigenvalue weighted by atomic mass is 10.1. The first kappa shape index (κ1) is 15.9. The zero-order valence-corrected chi connectivity index (χ0v) is 13.4. The normalized spacial score (nSPS) is 10.3. The average molecular weight is 317 g/mol. The number of benzene rings is 1. The van der Waals surface area contributed by atoms with Gasteiger partial charge in [-0.15, -0.1) is 0 Å². The van der Waals surface area contributed by atoms with E-state index in [1.54, 1.807) is 36.9 Å². The van der Waals surface area contributed by atoms with Crippen molar-refractivity contribution in [1.29, 1.82) is 0 Å². The maximum Gasteiger partial charge on any atom is 0.255 e. The van der Waals surface area contributed by atoms with E-state index >= 15 is 0 Å². The van der Waals surface area contributed by atoms with Crippen LogP contribution in [0.5, 0.6) is 0 Å². The molecule has 2 heterocycles. The molecule has 0 bridgehead atoms. The van der Waals surface area contributed by atoms with Gasteiger partial charge in [0, 0.05) is 37.9 Å². The van der Waals surface area contributed by atoms with Crippen LogP contribution in [0.25, 0.3) is 0 Å². The molecule has 0 spiro atoms. The minimum absolute atomic E-state index is 0.00385. The predicted molar refractivity (Wildman–Crippen MR) is 93.4 cm³/mol. The second kappa shape index (κ2) is 8.02. The van der Waals surface area contributed by atoms with E-state index < -0.39 is 0 Å². The van der Waals surface area contributed by atoms with Crippen molar-refractivity contribution >= 4 is 5.91 Å². The van der Waals surface area contributed by atoms with Crippen LogP contribution in [0.3, 0.4) is 0 Å². The monoisotopic (exact) mass is 317 g/mol. The SMILES string of the molecule is O=C(c1cccnc1)N(CCc1ccccc1)Cc1ccncc1. The molecule has 0 aliphatic rings. The van der Waals surface area contributed by atoms with Crippen LogP contribution >= 0.6 is 0 Å². The summed E-state index contributed by atoms with van der Waals surface area (Å²) in [4.78, 5) is 22.8. The largest absolute Gasteiger partial charge is 0.334 e. The van der Waals surface area contributed by atoms with Crippen molar-refractivity contribution in [2.45, 2.75) is 13.0 Å². The summed E-state index contributed by atoms with van der Waals surface area (Å²) < 4.78 is 0. The Morgan fingerprint density at radius 1 is 0.833 bits per heavy atom. The standard InChI is InChI=1S/C20H19N3O/c24-20(19-7-4-11-22-15-19)23(16-18-8-12-21-13-9-18)14-10-17-5-2-1-3-6-17/h1-9,11-13,15H,10,14,16H2. The Kier molecular flexibility index (Phi) is 5.30. The van der Waals surface area contributed by atoms with Gasteiger partial charge in [-0.25, -0.2) is 0 Å². The van der Waals surface area contributed by atoms with Crippen molar-refractivity contribution in [3.8, 4) is 0 Å². The van der Waals surface area contributed by atoms with Gasteiger partial charge in [0.15, 0.2) is 0 Å². The second-order valence-electron chi connectivity index (χ2n) is 5.56. The van der Waals surface area contributed by atoms with E-state index in [9.17, 15) is 4.79 Å². The lowest BCUT2D eigenvalue weighted by Gasteiger charge is -2.23. The summed E-state index contributed by atoms with van der Waals surface area (Å²) in [6.07, 6.45) is 7.61. The number of nitrogens with zero attached hydrogens (tertiary/aromatic N) is 3. The highest BCUT2D eigenvalue weighted by molar-refractivity contribution is 5.93. The van der Waals surface area contributed by atoms with Crippen LogP contribution in [-0.4, -0.2) is 27.3 Å². The van der Waals surface area contributed by atoms with Gasteiger partial charge in [-0.1, -0.05) is 30.3 Å². The smallest absolute Gasteiger partial charge is 0.255 e. The van der Waals surface area contributed by atoms with Crippen molar-refractivity contribution in [1.82, 2.24) is 14.9 Å². The lowest BCUT2D eigenvalue weighted by molar-refractivity contribution is 0.0744. The number of aromatic nitrogens is 2. The molecule has 4 nitrogen and oxygen atoms in total. The van der Waals surface area contributed by atoms with Gasteiger partial charge in [0.25, 0.3) is 5.91 Å². The summed E-state index contributed by atoms with van der Waals surface area (Å²) in [5, 5.41) is 0. The van der Waals surface area contributed by atoms with Crippen molar-refractivity contribution in [3.63, 3.8) is 0 Å². The van der Waals surface area contributed by atoms with E-state index in [-0.39, 0.29) is 5.91 Å². The summed E-state index contributed by atoms with van der Waals surface area (Å²) in [7, 11) is 0. The topological polar surface area (TPSA) is 46.1 Å². The van der Waals surface area contributed by atoms with E-state index in [2.05, 4.69) is 22.1 Å². The van der Waals surface area contributed by atoms with Crippen LogP contribution in [0, 0.1) is 0 Å². The fourth-order valence-corrected chi connectivity index (χ4v) is 2.54. The van der Waals surface area contributed by atoms with Crippen molar-refractivity contribution in [2.75, 3.05) is 6.54 Å². The molecule has 3 rings (SSSR count). The van der Waals surface area contributed by atoms with Gasteiger partial charge in [0.1, 0.15) is 0 Å². The number of carbonyl (C=O) groups excluding carboxylic acids is 1. The molecule has 0 aliphatic carbocycles. The third-order valence-corrected chi connectivity index (χ3v) is 3.83. The minimum Gasteiger partial charge on any atom is -0.334 e. The van der Waals surface area contributed by atoms with Gasteiger partial charge in [0.2, 0.25) is 0 Å². The van der Waals surface area contributed by atoms with Crippen LogP contribution in [-0.2, 0) is 13.0 Å². The highest BCUT2D eigenvalue weighted by atomic mass is 16.2. The first-order valence-electron chi connectivity index (χ1n) is 7.95.